The average molecular weight is 332 g/mol. The number of hydrogen-bond donors (Lipinski definition) is 1. The summed E-state index contributed by atoms with van der Waals surface area (Å²) in [5, 5.41) is 7.29. The van der Waals surface area contributed by atoms with Gasteiger partial charge in [-0.25, -0.2) is 0 Å². The summed E-state index contributed by atoms with van der Waals surface area (Å²) in [6.07, 6.45) is 2.08. The molecule has 0 radical (unpaired) electrons. The van der Waals surface area contributed by atoms with E-state index < -0.39 is 6.10 Å². The van der Waals surface area contributed by atoms with E-state index in [1.165, 1.54) is 10.5 Å². The van der Waals surface area contributed by atoms with Crippen molar-refractivity contribution in [2.75, 3.05) is 19.0 Å². The Bertz CT molecular complexity index is 628. The van der Waals surface area contributed by atoms with Gasteiger partial charge in [0.1, 0.15) is 0 Å². The van der Waals surface area contributed by atoms with Crippen LogP contribution in [0.1, 0.15) is 30.9 Å². The van der Waals surface area contributed by atoms with Crippen molar-refractivity contribution in [2.45, 2.75) is 36.3 Å². The lowest BCUT2D eigenvalue weighted by Gasteiger charge is -2.21. The summed E-state index contributed by atoms with van der Waals surface area (Å²) in [5.41, 5.74) is 2.23. The topological polar surface area (TPSA) is 59.9 Å². The minimum atomic E-state index is -0.481. The Labute approximate surface area is 139 Å². The largest absolute Gasteiger partial charge is 0.382 e. The molecule has 1 saturated heterocycles. The molecule has 1 fully saturated rings. The SMILES string of the molecule is O=C(NC1CSc2ccccc21)C1CC(C2CCOCC2)=NO1. The number of nitrogens with zero attached hydrogens (tertiary/aromatic N) is 1. The van der Waals surface area contributed by atoms with Gasteiger partial charge in [0, 0.05) is 36.2 Å². The highest BCUT2D eigenvalue weighted by Gasteiger charge is 2.34. The maximum absolute atomic E-state index is 12.5. The van der Waals surface area contributed by atoms with Gasteiger partial charge in [-0.15, -0.1) is 11.8 Å². The normalized spacial score (nSPS) is 27.2. The van der Waals surface area contributed by atoms with E-state index in [1.54, 1.807) is 11.8 Å². The number of fused-ring (bicyclic) bond motifs is 1. The maximum atomic E-state index is 12.5. The molecule has 1 aromatic rings. The van der Waals surface area contributed by atoms with Crippen LogP contribution in [0.3, 0.4) is 0 Å². The first kappa shape index (κ1) is 15.0. The highest BCUT2D eigenvalue weighted by Crippen LogP contribution is 2.38. The Kier molecular flexibility index (Phi) is 4.27. The zero-order chi connectivity index (χ0) is 15.6. The zero-order valence-corrected chi connectivity index (χ0v) is 13.7. The molecule has 23 heavy (non-hydrogen) atoms. The van der Waals surface area contributed by atoms with Crippen molar-refractivity contribution in [3.8, 4) is 0 Å². The van der Waals surface area contributed by atoms with Crippen LogP contribution in [-0.4, -0.2) is 36.7 Å². The molecular formula is C17H20N2O3S. The first-order valence-electron chi connectivity index (χ1n) is 8.13. The van der Waals surface area contributed by atoms with Gasteiger partial charge in [-0.1, -0.05) is 23.4 Å². The summed E-state index contributed by atoms with van der Waals surface area (Å²) >= 11 is 1.79. The Balaban J connectivity index is 1.34. The van der Waals surface area contributed by atoms with Crippen molar-refractivity contribution in [1.82, 2.24) is 5.32 Å². The quantitative estimate of drug-likeness (QED) is 0.924. The van der Waals surface area contributed by atoms with E-state index >= 15 is 0 Å². The fourth-order valence-electron chi connectivity index (χ4n) is 3.36. The lowest BCUT2D eigenvalue weighted by atomic mass is 9.91. The third-order valence-corrected chi connectivity index (χ3v) is 5.88. The molecule has 4 rings (SSSR count). The Hall–Kier alpha value is -1.53. The Morgan fingerprint density at radius 2 is 2.09 bits per heavy atom. The van der Waals surface area contributed by atoms with Gasteiger partial charge < -0.3 is 14.9 Å². The Morgan fingerprint density at radius 1 is 1.26 bits per heavy atom. The van der Waals surface area contributed by atoms with Gasteiger partial charge in [0.05, 0.1) is 11.8 Å². The van der Waals surface area contributed by atoms with Crippen LogP contribution in [0.4, 0.5) is 0 Å². The molecule has 5 nitrogen and oxygen atoms in total. The van der Waals surface area contributed by atoms with E-state index in [0.717, 1.165) is 37.5 Å². The van der Waals surface area contributed by atoms with Crippen LogP contribution >= 0.6 is 11.8 Å². The van der Waals surface area contributed by atoms with Gasteiger partial charge in [-0.05, 0) is 24.5 Å². The molecule has 0 aromatic heterocycles. The van der Waals surface area contributed by atoms with E-state index in [4.69, 9.17) is 9.57 Å². The second-order valence-corrected chi connectivity index (χ2v) is 7.24. The van der Waals surface area contributed by atoms with Crippen molar-refractivity contribution < 1.29 is 14.4 Å². The number of amides is 1. The number of nitrogens with one attached hydrogen (secondary N) is 1. The summed E-state index contributed by atoms with van der Waals surface area (Å²) < 4.78 is 5.38. The fourth-order valence-corrected chi connectivity index (χ4v) is 4.52. The van der Waals surface area contributed by atoms with E-state index in [-0.39, 0.29) is 11.9 Å². The summed E-state index contributed by atoms with van der Waals surface area (Å²) in [6.45, 7) is 1.55. The molecule has 3 heterocycles. The van der Waals surface area contributed by atoms with Crippen LogP contribution in [0.2, 0.25) is 0 Å². The first-order chi connectivity index (χ1) is 11.3. The fraction of sp³-hybridized carbons (Fsp3) is 0.529. The van der Waals surface area contributed by atoms with Crippen LogP contribution in [0.15, 0.2) is 34.3 Å². The average Bonchev–Trinajstić information content (AvgIpc) is 3.24. The molecule has 1 N–H and O–H groups in total. The van der Waals surface area contributed by atoms with Crippen molar-refractivity contribution in [2.24, 2.45) is 11.1 Å². The highest BCUT2D eigenvalue weighted by atomic mass is 32.2. The summed E-state index contributed by atoms with van der Waals surface area (Å²) in [7, 11) is 0. The second kappa shape index (κ2) is 6.53. The number of benzene rings is 1. The molecule has 6 heteroatoms. The number of carbonyl (C=O) groups excluding carboxylic acids is 1. The predicted molar refractivity (Wildman–Crippen MR) is 88.5 cm³/mol. The van der Waals surface area contributed by atoms with Crippen LogP contribution in [0, 0.1) is 5.92 Å². The molecule has 0 spiro atoms. The minimum Gasteiger partial charge on any atom is -0.382 e. The van der Waals surface area contributed by atoms with E-state index in [9.17, 15) is 4.79 Å². The molecule has 3 aliphatic rings. The minimum absolute atomic E-state index is 0.0573. The van der Waals surface area contributed by atoms with E-state index in [1.807, 2.05) is 12.1 Å². The number of hydrogen-bond acceptors (Lipinski definition) is 5. The van der Waals surface area contributed by atoms with Crippen molar-refractivity contribution in [1.29, 1.82) is 0 Å². The molecule has 122 valence electrons. The van der Waals surface area contributed by atoms with Crippen molar-refractivity contribution in [3.05, 3.63) is 29.8 Å². The number of thioether (sulfide) groups is 1. The molecule has 1 amide bonds. The lowest BCUT2D eigenvalue weighted by Crippen LogP contribution is -2.38. The molecule has 0 saturated carbocycles. The van der Waals surface area contributed by atoms with E-state index in [2.05, 4.69) is 22.6 Å². The summed E-state index contributed by atoms with van der Waals surface area (Å²) in [5.74, 6) is 1.23. The molecule has 2 atom stereocenters. The van der Waals surface area contributed by atoms with Crippen molar-refractivity contribution in [3.63, 3.8) is 0 Å². The Morgan fingerprint density at radius 3 is 2.96 bits per heavy atom. The first-order valence-corrected chi connectivity index (χ1v) is 9.12. The monoisotopic (exact) mass is 332 g/mol. The molecule has 0 aliphatic carbocycles. The van der Waals surface area contributed by atoms with Gasteiger partial charge in [-0.3, -0.25) is 4.79 Å². The van der Waals surface area contributed by atoms with E-state index in [0.29, 0.717) is 12.3 Å². The number of rotatable bonds is 3. The summed E-state index contributed by atoms with van der Waals surface area (Å²) in [6, 6.07) is 8.30. The second-order valence-electron chi connectivity index (χ2n) is 6.18. The van der Waals surface area contributed by atoms with Crippen LogP contribution in [0.5, 0.6) is 0 Å². The lowest BCUT2D eigenvalue weighted by molar-refractivity contribution is -0.131. The van der Waals surface area contributed by atoms with Crippen LogP contribution in [-0.2, 0) is 14.4 Å². The van der Waals surface area contributed by atoms with Gasteiger partial charge in [-0.2, -0.15) is 0 Å². The number of carbonyl (C=O) groups is 1. The van der Waals surface area contributed by atoms with Crippen LogP contribution in [0.25, 0.3) is 0 Å². The van der Waals surface area contributed by atoms with Gasteiger partial charge in [0.15, 0.2) is 0 Å². The molecule has 3 aliphatic heterocycles. The third-order valence-electron chi connectivity index (χ3n) is 4.69. The predicted octanol–water partition coefficient (Wildman–Crippen LogP) is 2.52. The standard InChI is InChI=1S/C17H20N2O3S/c20-17(18-14-10-23-16-4-2-1-3-12(14)16)15-9-13(19-22-15)11-5-7-21-8-6-11/h1-4,11,14-15H,5-10H2,(H,18,20). The molecule has 1 aromatic carbocycles. The number of ether oxygens (including phenoxy) is 1. The molecule has 0 bridgehead atoms. The van der Waals surface area contributed by atoms with Gasteiger partial charge in [0.25, 0.3) is 5.91 Å². The van der Waals surface area contributed by atoms with Crippen molar-refractivity contribution >= 4 is 23.4 Å². The summed E-state index contributed by atoms with van der Waals surface area (Å²) in [4.78, 5) is 19.2. The molecule has 2 unspecified atom stereocenters. The zero-order valence-electron chi connectivity index (χ0n) is 12.9. The van der Waals surface area contributed by atoms with Crippen LogP contribution < -0.4 is 5.32 Å². The smallest absolute Gasteiger partial charge is 0.264 e. The maximum Gasteiger partial charge on any atom is 0.264 e. The van der Waals surface area contributed by atoms with Gasteiger partial charge >= 0.3 is 0 Å². The highest BCUT2D eigenvalue weighted by molar-refractivity contribution is 7.99. The molecular weight excluding hydrogens is 312 g/mol. The number of oxime groups is 1. The van der Waals surface area contributed by atoms with Gasteiger partial charge in [0.2, 0.25) is 6.10 Å². The third kappa shape index (κ3) is 3.10.